The summed E-state index contributed by atoms with van der Waals surface area (Å²) in [4.78, 5) is 16.4. The molecule has 0 saturated carbocycles. The number of ether oxygens (including phenoxy) is 1. The lowest BCUT2D eigenvalue weighted by Crippen LogP contribution is -2.36. The zero-order valence-corrected chi connectivity index (χ0v) is 15.1. The third-order valence-electron chi connectivity index (χ3n) is 4.72. The van der Waals surface area contributed by atoms with E-state index in [2.05, 4.69) is 0 Å². The van der Waals surface area contributed by atoms with Crippen LogP contribution < -0.4 is 9.64 Å². The molecule has 144 valence electrons. The second kappa shape index (κ2) is 8.24. The zero-order valence-electron chi connectivity index (χ0n) is 15.1. The quantitative estimate of drug-likeness (QED) is 0.892. The number of phenols is 1. The number of methoxy groups -OCH3 is 1. The maximum atomic E-state index is 13.5. The molecule has 1 heterocycles. The Morgan fingerprint density at radius 1 is 1.07 bits per heavy atom. The minimum Gasteiger partial charge on any atom is -0.504 e. The molecule has 1 aliphatic rings. The summed E-state index contributed by atoms with van der Waals surface area (Å²) in [5, 5.41) is 9.65. The lowest BCUT2D eigenvalue weighted by molar-refractivity contribution is -0.130. The number of aromatic hydroxyl groups is 1. The van der Waals surface area contributed by atoms with Crippen LogP contribution in [-0.4, -0.2) is 49.2 Å². The number of carbonyl (C=O) groups is 1. The lowest BCUT2D eigenvalue weighted by atomic mass is 10.1. The minimum absolute atomic E-state index is 0.0186. The fourth-order valence-electron chi connectivity index (χ4n) is 3.23. The summed E-state index contributed by atoms with van der Waals surface area (Å²) >= 11 is 0. The van der Waals surface area contributed by atoms with Crippen molar-refractivity contribution in [2.24, 2.45) is 0 Å². The topological polar surface area (TPSA) is 53.0 Å². The van der Waals surface area contributed by atoms with Gasteiger partial charge in [0.15, 0.2) is 23.1 Å². The van der Waals surface area contributed by atoms with E-state index in [1.165, 1.54) is 19.2 Å². The molecular weight excluding hydrogens is 354 g/mol. The van der Waals surface area contributed by atoms with Crippen molar-refractivity contribution >= 4 is 11.6 Å². The summed E-state index contributed by atoms with van der Waals surface area (Å²) in [5.41, 5.74) is 1.38. The lowest BCUT2D eigenvalue weighted by Gasteiger charge is -2.24. The molecule has 0 bridgehead atoms. The maximum absolute atomic E-state index is 13.5. The number of carbonyl (C=O) groups excluding carboxylic acids is 1. The fraction of sp³-hybridized carbons (Fsp3) is 0.350. The molecule has 7 heteroatoms. The third kappa shape index (κ3) is 4.48. The van der Waals surface area contributed by atoms with Crippen LogP contribution in [0.2, 0.25) is 0 Å². The highest BCUT2D eigenvalue weighted by Crippen LogP contribution is 2.27. The van der Waals surface area contributed by atoms with E-state index in [9.17, 15) is 18.7 Å². The molecule has 0 atom stereocenters. The van der Waals surface area contributed by atoms with Crippen molar-refractivity contribution in [3.63, 3.8) is 0 Å². The molecule has 5 nitrogen and oxygen atoms in total. The first kappa shape index (κ1) is 18.9. The highest BCUT2D eigenvalue weighted by atomic mass is 19.2. The number of anilines is 1. The third-order valence-corrected chi connectivity index (χ3v) is 4.72. The SMILES string of the molecule is COc1cc(CC(=O)N2CCCN(c3ccc(F)c(F)c3)CC2)ccc1O. The Bertz CT molecular complexity index is 829. The molecule has 0 spiro atoms. The summed E-state index contributed by atoms with van der Waals surface area (Å²) in [6.45, 7) is 2.33. The standard InChI is InChI=1S/C20H22F2N2O3/c1-27-19-11-14(3-6-18(19)25)12-20(26)24-8-2-7-23(9-10-24)15-4-5-16(21)17(22)13-15/h3-6,11,13,25H,2,7-10,12H2,1H3. The van der Waals surface area contributed by atoms with Crippen molar-refractivity contribution in [2.75, 3.05) is 38.2 Å². The number of benzene rings is 2. The highest BCUT2D eigenvalue weighted by molar-refractivity contribution is 5.79. The first-order valence-corrected chi connectivity index (χ1v) is 8.81. The van der Waals surface area contributed by atoms with Gasteiger partial charge in [0.25, 0.3) is 0 Å². The predicted octanol–water partition coefficient (Wildman–Crippen LogP) is 2.96. The van der Waals surface area contributed by atoms with Crippen LogP contribution >= 0.6 is 0 Å². The molecule has 27 heavy (non-hydrogen) atoms. The molecule has 0 radical (unpaired) electrons. The van der Waals surface area contributed by atoms with Gasteiger partial charge in [-0.3, -0.25) is 4.79 Å². The van der Waals surface area contributed by atoms with Gasteiger partial charge in [-0.2, -0.15) is 0 Å². The molecule has 1 N–H and O–H groups in total. The Balaban J connectivity index is 1.63. The largest absolute Gasteiger partial charge is 0.504 e. The Morgan fingerprint density at radius 2 is 1.89 bits per heavy atom. The average Bonchev–Trinajstić information content (AvgIpc) is 2.92. The molecule has 1 aliphatic heterocycles. The molecule has 0 aromatic heterocycles. The second-order valence-electron chi connectivity index (χ2n) is 6.50. The molecule has 2 aromatic rings. The summed E-state index contributed by atoms with van der Waals surface area (Å²) in [5.74, 6) is -1.39. The number of halogens is 2. The van der Waals surface area contributed by atoms with E-state index in [0.29, 0.717) is 37.6 Å². The normalized spacial score (nSPS) is 14.8. The van der Waals surface area contributed by atoms with Gasteiger partial charge in [0, 0.05) is 37.9 Å². The van der Waals surface area contributed by atoms with Gasteiger partial charge in [-0.1, -0.05) is 6.07 Å². The van der Waals surface area contributed by atoms with Gasteiger partial charge in [-0.15, -0.1) is 0 Å². The minimum atomic E-state index is -0.869. The molecule has 1 fully saturated rings. The van der Waals surface area contributed by atoms with Gasteiger partial charge in [0.2, 0.25) is 5.91 Å². The van der Waals surface area contributed by atoms with Crippen LogP contribution in [0.25, 0.3) is 0 Å². The van der Waals surface area contributed by atoms with Crippen LogP contribution in [0.4, 0.5) is 14.5 Å². The summed E-state index contributed by atoms with van der Waals surface area (Å²) in [7, 11) is 1.46. The van der Waals surface area contributed by atoms with Crippen LogP contribution in [0.15, 0.2) is 36.4 Å². The second-order valence-corrected chi connectivity index (χ2v) is 6.50. The Hall–Kier alpha value is -2.83. The first-order valence-electron chi connectivity index (χ1n) is 8.81. The van der Waals surface area contributed by atoms with Gasteiger partial charge in [0.05, 0.1) is 13.5 Å². The van der Waals surface area contributed by atoms with Gasteiger partial charge in [0.1, 0.15) is 0 Å². The van der Waals surface area contributed by atoms with Crippen LogP contribution in [0.3, 0.4) is 0 Å². The van der Waals surface area contributed by atoms with Crippen molar-refractivity contribution in [1.82, 2.24) is 4.90 Å². The molecule has 3 rings (SSSR count). The molecule has 2 aromatic carbocycles. The molecule has 0 unspecified atom stereocenters. The van der Waals surface area contributed by atoms with Crippen molar-refractivity contribution < 1.29 is 23.4 Å². The van der Waals surface area contributed by atoms with E-state index < -0.39 is 11.6 Å². The number of hydrogen-bond acceptors (Lipinski definition) is 4. The summed E-state index contributed by atoms with van der Waals surface area (Å²) in [6.07, 6.45) is 0.950. The smallest absolute Gasteiger partial charge is 0.227 e. The molecule has 1 saturated heterocycles. The Kier molecular flexibility index (Phi) is 5.78. The van der Waals surface area contributed by atoms with Crippen molar-refractivity contribution in [2.45, 2.75) is 12.8 Å². The molecule has 1 amide bonds. The van der Waals surface area contributed by atoms with Gasteiger partial charge in [-0.25, -0.2) is 8.78 Å². The highest BCUT2D eigenvalue weighted by Gasteiger charge is 2.20. The number of nitrogens with zero attached hydrogens (tertiary/aromatic N) is 2. The fourth-order valence-corrected chi connectivity index (χ4v) is 3.23. The number of hydrogen-bond donors (Lipinski definition) is 1. The van der Waals surface area contributed by atoms with Crippen molar-refractivity contribution in [1.29, 1.82) is 0 Å². The molecule has 0 aliphatic carbocycles. The van der Waals surface area contributed by atoms with Crippen molar-refractivity contribution in [3.8, 4) is 11.5 Å². The van der Waals surface area contributed by atoms with Crippen molar-refractivity contribution in [3.05, 3.63) is 53.6 Å². The van der Waals surface area contributed by atoms with Gasteiger partial charge >= 0.3 is 0 Å². The van der Waals surface area contributed by atoms with Crippen LogP contribution in [0.5, 0.6) is 11.5 Å². The van der Waals surface area contributed by atoms with E-state index in [-0.39, 0.29) is 18.1 Å². The van der Waals surface area contributed by atoms with E-state index in [1.807, 2.05) is 4.90 Å². The van der Waals surface area contributed by atoms with E-state index in [1.54, 1.807) is 23.1 Å². The Morgan fingerprint density at radius 3 is 2.63 bits per heavy atom. The van der Waals surface area contributed by atoms with Crippen LogP contribution in [0.1, 0.15) is 12.0 Å². The number of phenolic OH excluding ortho intramolecular Hbond substituents is 1. The van der Waals surface area contributed by atoms with Crippen LogP contribution in [-0.2, 0) is 11.2 Å². The predicted molar refractivity (Wildman–Crippen MR) is 98.1 cm³/mol. The number of rotatable bonds is 4. The summed E-state index contributed by atoms with van der Waals surface area (Å²) < 4.78 is 31.7. The zero-order chi connectivity index (χ0) is 19.4. The van der Waals surface area contributed by atoms with E-state index >= 15 is 0 Å². The number of amides is 1. The average molecular weight is 376 g/mol. The summed E-state index contributed by atoms with van der Waals surface area (Å²) in [6, 6.07) is 8.72. The van der Waals surface area contributed by atoms with Gasteiger partial charge in [-0.05, 0) is 36.2 Å². The maximum Gasteiger partial charge on any atom is 0.227 e. The Labute approximate surface area is 156 Å². The van der Waals surface area contributed by atoms with E-state index in [0.717, 1.165) is 18.1 Å². The molecular formula is C20H22F2N2O3. The van der Waals surface area contributed by atoms with Gasteiger partial charge < -0.3 is 19.6 Å². The first-order chi connectivity index (χ1) is 13.0. The van der Waals surface area contributed by atoms with E-state index in [4.69, 9.17) is 4.74 Å². The monoisotopic (exact) mass is 376 g/mol. The van der Waals surface area contributed by atoms with Crippen LogP contribution in [0, 0.1) is 11.6 Å².